The van der Waals surface area contributed by atoms with Crippen molar-refractivity contribution < 1.29 is 26.8 Å². The number of benzene rings is 2. The van der Waals surface area contributed by atoms with Crippen molar-refractivity contribution in [1.82, 2.24) is 15.5 Å². The maximum atomic E-state index is 13.7. The number of methoxy groups -OCH3 is 1. The average Bonchev–Trinajstić information content (AvgIpc) is 3.18. The molecule has 28 heavy (non-hydrogen) atoms. The SMILES string of the molecule is COc1ccc(C(=O)NCc2nnc(S(=O)(=O)Cc3ccccc3F)o2)cc1. The Morgan fingerprint density at radius 2 is 1.86 bits per heavy atom. The number of halogens is 1. The van der Waals surface area contributed by atoms with Gasteiger partial charge in [0.25, 0.3) is 5.91 Å². The summed E-state index contributed by atoms with van der Waals surface area (Å²) in [4.78, 5) is 12.1. The second-order valence-corrected chi connectivity index (χ2v) is 7.59. The fourth-order valence-corrected chi connectivity index (χ4v) is 3.47. The molecule has 10 heteroatoms. The van der Waals surface area contributed by atoms with Crippen LogP contribution in [0.5, 0.6) is 5.75 Å². The van der Waals surface area contributed by atoms with E-state index in [1.165, 1.54) is 31.4 Å². The number of nitrogens with zero attached hydrogens (tertiary/aromatic N) is 2. The van der Waals surface area contributed by atoms with Crippen LogP contribution in [0.4, 0.5) is 4.39 Å². The van der Waals surface area contributed by atoms with Gasteiger partial charge in [-0.05, 0) is 30.3 Å². The van der Waals surface area contributed by atoms with Gasteiger partial charge in [0.15, 0.2) is 0 Å². The molecule has 3 rings (SSSR count). The second kappa shape index (κ2) is 8.17. The van der Waals surface area contributed by atoms with Crippen LogP contribution in [0.1, 0.15) is 21.8 Å². The van der Waals surface area contributed by atoms with Gasteiger partial charge in [0.05, 0.1) is 19.4 Å². The summed E-state index contributed by atoms with van der Waals surface area (Å²) in [5.41, 5.74) is 0.378. The molecule has 0 atom stereocenters. The third-order valence-corrected chi connectivity index (χ3v) is 5.16. The van der Waals surface area contributed by atoms with E-state index in [2.05, 4.69) is 15.5 Å². The van der Waals surface area contributed by atoms with E-state index in [-0.39, 0.29) is 18.0 Å². The van der Waals surface area contributed by atoms with Crippen molar-refractivity contribution in [2.45, 2.75) is 17.5 Å². The molecule has 0 unspecified atom stereocenters. The third kappa shape index (κ3) is 4.52. The number of hydrogen-bond donors (Lipinski definition) is 1. The highest BCUT2D eigenvalue weighted by Gasteiger charge is 2.24. The van der Waals surface area contributed by atoms with E-state index in [1.54, 1.807) is 24.3 Å². The molecule has 0 aliphatic carbocycles. The second-order valence-electron chi connectivity index (χ2n) is 5.72. The number of amides is 1. The van der Waals surface area contributed by atoms with Gasteiger partial charge in [-0.25, -0.2) is 12.8 Å². The maximum absolute atomic E-state index is 13.7. The zero-order valence-electron chi connectivity index (χ0n) is 14.8. The van der Waals surface area contributed by atoms with Crippen LogP contribution in [0, 0.1) is 5.82 Å². The minimum Gasteiger partial charge on any atom is -0.497 e. The van der Waals surface area contributed by atoms with Crippen molar-refractivity contribution >= 4 is 15.7 Å². The van der Waals surface area contributed by atoms with Crippen molar-refractivity contribution in [2.24, 2.45) is 0 Å². The number of sulfone groups is 1. The quantitative estimate of drug-likeness (QED) is 0.641. The molecule has 1 N–H and O–H groups in total. The Morgan fingerprint density at radius 1 is 1.14 bits per heavy atom. The standard InChI is InChI=1S/C18H16FN3O5S/c1-26-14-8-6-12(7-9-14)17(23)20-10-16-21-22-18(27-16)28(24,25)11-13-4-2-3-5-15(13)19/h2-9H,10-11H2,1H3,(H,20,23). The summed E-state index contributed by atoms with van der Waals surface area (Å²) in [6.45, 7) is -0.160. The molecule has 3 aromatic rings. The molecule has 0 saturated carbocycles. The number of hydrogen-bond acceptors (Lipinski definition) is 7. The van der Waals surface area contributed by atoms with E-state index >= 15 is 0 Å². The minimum absolute atomic E-state index is 0.00458. The molecule has 0 saturated heterocycles. The lowest BCUT2D eigenvalue weighted by molar-refractivity contribution is 0.0946. The lowest BCUT2D eigenvalue weighted by Gasteiger charge is -2.04. The van der Waals surface area contributed by atoms with E-state index in [4.69, 9.17) is 9.15 Å². The number of carbonyl (C=O) groups excluding carboxylic acids is 1. The molecule has 1 aromatic heterocycles. The van der Waals surface area contributed by atoms with Crippen LogP contribution < -0.4 is 10.1 Å². The van der Waals surface area contributed by atoms with Crippen molar-refractivity contribution in [2.75, 3.05) is 7.11 Å². The van der Waals surface area contributed by atoms with Gasteiger partial charge in [0, 0.05) is 11.1 Å². The molecule has 1 heterocycles. The van der Waals surface area contributed by atoms with Gasteiger partial charge < -0.3 is 14.5 Å². The summed E-state index contributed by atoms with van der Waals surface area (Å²) in [5.74, 6) is -1.14. The minimum atomic E-state index is -4.02. The Kier molecular flexibility index (Phi) is 5.69. The van der Waals surface area contributed by atoms with E-state index < -0.39 is 32.5 Å². The Balaban J connectivity index is 1.64. The topological polar surface area (TPSA) is 111 Å². The van der Waals surface area contributed by atoms with E-state index in [0.29, 0.717) is 11.3 Å². The predicted octanol–water partition coefficient (Wildman–Crippen LogP) is 2.12. The molecule has 0 bridgehead atoms. The van der Waals surface area contributed by atoms with Crippen LogP contribution in [-0.2, 0) is 22.1 Å². The highest BCUT2D eigenvalue weighted by atomic mass is 32.2. The number of carbonyl (C=O) groups is 1. The van der Waals surface area contributed by atoms with Gasteiger partial charge in [-0.1, -0.05) is 23.3 Å². The van der Waals surface area contributed by atoms with Crippen LogP contribution in [0.3, 0.4) is 0 Å². The Hall–Kier alpha value is -3.27. The van der Waals surface area contributed by atoms with E-state index in [1.807, 2.05) is 0 Å². The van der Waals surface area contributed by atoms with Gasteiger partial charge in [-0.15, -0.1) is 5.10 Å². The normalized spacial score (nSPS) is 11.2. The first-order valence-corrected chi connectivity index (χ1v) is 9.75. The Morgan fingerprint density at radius 3 is 2.54 bits per heavy atom. The van der Waals surface area contributed by atoms with Gasteiger partial charge in [-0.2, -0.15) is 0 Å². The smallest absolute Gasteiger partial charge is 0.335 e. The van der Waals surface area contributed by atoms with Gasteiger partial charge in [0.1, 0.15) is 11.6 Å². The van der Waals surface area contributed by atoms with Gasteiger partial charge in [-0.3, -0.25) is 4.79 Å². The predicted molar refractivity (Wildman–Crippen MR) is 95.8 cm³/mol. The highest BCUT2D eigenvalue weighted by molar-refractivity contribution is 7.90. The molecule has 146 valence electrons. The number of aromatic nitrogens is 2. The molecule has 1 amide bonds. The largest absolute Gasteiger partial charge is 0.497 e. The average molecular weight is 405 g/mol. The first-order chi connectivity index (χ1) is 13.4. The maximum Gasteiger partial charge on any atom is 0.335 e. The fourth-order valence-electron chi connectivity index (χ4n) is 2.32. The van der Waals surface area contributed by atoms with Crippen molar-refractivity contribution in [3.63, 3.8) is 0 Å². The van der Waals surface area contributed by atoms with E-state index in [9.17, 15) is 17.6 Å². The van der Waals surface area contributed by atoms with Crippen LogP contribution in [0.25, 0.3) is 0 Å². The Bertz CT molecular complexity index is 1080. The summed E-state index contributed by atoms with van der Waals surface area (Å²) in [7, 11) is -2.50. The molecule has 2 aromatic carbocycles. The molecule has 0 spiro atoms. The lowest BCUT2D eigenvalue weighted by Crippen LogP contribution is -2.22. The monoisotopic (exact) mass is 405 g/mol. The molecule has 0 aliphatic heterocycles. The molecule has 0 radical (unpaired) electrons. The number of ether oxygens (including phenoxy) is 1. The zero-order chi connectivity index (χ0) is 20.1. The summed E-state index contributed by atoms with van der Waals surface area (Å²) >= 11 is 0. The van der Waals surface area contributed by atoms with Crippen LogP contribution in [-0.4, -0.2) is 31.6 Å². The Labute approximate surface area is 160 Å². The highest BCUT2D eigenvalue weighted by Crippen LogP contribution is 2.17. The van der Waals surface area contributed by atoms with Crippen LogP contribution in [0.15, 0.2) is 58.2 Å². The number of rotatable bonds is 7. The molecular weight excluding hydrogens is 389 g/mol. The fraction of sp³-hybridized carbons (Fsp3) is 0.167. The van der Waals surface area contributed by atoms with Crippen LogP contribution in [0.2, 0.25) is 0 Å². The van der Waals surface area contributed by atoms with Gasteiger partial charge in [0.2, 0.25) is 15.7 Å². The molecular formula is C18H16FN3O5S. The summed E-state index contributed by atoms with van der Waals surface area (Å²) in [6.07, 6.45) is 0. The van der Waals surface area contributed by atoms with Crippen molar-refractivity contribution in [3.8, 4) is 5.75 Å². The molecule has 0 aliphatic rings. The first-order valence-electron chi connectivity index (χ1n) is 8.10. The van der Waals surface area contributed by atoms with Gasteiger partial charge >= 0.3 is 5.22 Å². The third-order valence-electron chi connectivity index (χ3n) is 3.77. The van der Waals surface area contributed by atoms with E-state index in [0.717, 1.165) is 0 Å². The molecule has 8 nitrogen and oxygen atoms in total. The zero-order valence-corrected chi connectivity index (χ0v) is 15.6. The summed E-state index contributed by atoms with van der Waals surface area (Å²) < 4.78 is 48.5. The van der Waals surface area contributed by atoms with Crippen molar-refractivity contribution in [3.05, 3.63) is 71.4 Å². The van der Waals surface area contributed by atoms with Crippen LogP contribution >= 0.6 is 0 Å². The summed E-state index contributed by atoms with van der Waals surface area (Å²) in [6, 6.07) is 11.9. The first kappa shape index (κ1) is 19.5. The molecule has 0 fully saturated rings. The number of nitrogens with one attached hydrogen (secondary N) is 1. The lowest BCUT2D eigenvalue weighted by atomic mass is 10.2. The summed E-state index contributed by atoms with van der Waals surface area (Å²) in [5, 5.41) is 9.02. The van der Waals surface area contributed by atoms with Crippen molar-refractivity contribution in [1.29, 1.82) is 0 Å².